The number of hydrogen-bond donors (Lipinski definition) is 4. The van der Waals surface area contributed by atoms with Gasteiger partial charge in [0.05, 0.1) is 48.7 Å². The van der Waals surface area contributed by atoms with Crippen molar-refractivity contribution in [3.8, 4) is 0 Å². The normalized spacial score (nSPS) is 18.1. The van der Waals surface area contributed by atoms with Crippen LogP contribution in [0.1, 0.15) is 157 Å². The average Bonchev–Trinajstić information content (AvgIpc) is 2.73. The number of carbonyl (C=O) groups is 10. The predicted octanol–water partition coefficient (Wildman–Crippen LogP) is 6.65. The number of nitrogens with zero attached hydrogens (tertiary/aromatic N) is 7. The van der Waals surface area contributed by atoms with Gasteiger partial charge in [0.25, 0.3) is 0 Å². The lowest BCUT2D eigenvalue weighted by atomic mass is 9.83. The van der Waals surface area contributed by atoms with Crippen molar-refractivity contribution in [2.24, 2.45) is 58.2 Å². The van der Waals surface area contributed by atoms with Crippen LogP contribution in [-0.2, 0) is 65.5 Å². The van der Waals surface area contributed by atoms with Gasteiger partial charge in [-0.25, -0.2) is 4.79 Å². The minimum absolute atomic E-state index is 0.00315. The summed E-state index contributed by atoms with van der Waals surface area (Å²) < 4.78 is 12.2. The van der Waals surface area contributed by atoms with E-state index in [2.05, 4.69) is 26.0 Å². The van der Waals surface area contributed by atoms with Crippen LogP contribution in [0.2, 0.25) is 0 Å². The molecule has 7 amide bonds. The zero-order chi connectivity index (χ0) is 66.1. The molecule has 5 N–H and O–H groups in total. The number of azide groups is 1. The van der Waals surface area contributed by atoms with Crippen LogP contribution in [0.3, 0.4) is 0 Å². The van der Waals surface area contributed by atoms with Gasteiger partial charge in [-0.3, -0.25) is 48.1 Å². The summed E-state index contributed by atoms with van der Waals surface area (Å²) in [5.74, 6) is -4.42. The van der Waals surface area contributed by atoms with E-state index in [1.54, 1.807) is 67.0 Å². The van der Waals surface area contributed by atoms with Crippen molar-refractivity contribution in [1.82, 2.24) is 35.6 Å². The van der Waals surface area contributed by atoms with Gasteiger partial charge in [0.2, 0.25) is 29.5 Å². The Morgan fingerprint density at radius 2 is 1.39 bits per heavy atom. The molecule has 0 radical (unpaired) electrons. The molecule has 2 saturated heterocycles. The number of nitrogens with one attached hydrogen (secondary N) is 3. The van der Waals surface area contributed by atoms with Crippen molar-refractivity contribution >= 4 is 58.7 Å². The predicted molar refractivity (Wildman–Crippen MR) is 337 cm³/mol. The topological polar surface area (TPSA) is 313 Å². The molecule has 0 saturated carbocycles. The van der Waals surface area contributed by atoms with E-state index in [0.717, 1.165) is 5.56 Å². The fourth-order valence-electron chi connectivity index (χ4n) is 12.8. The molecule has 0 aliphatic carbocycles. The molecule has 23 nitrogen and oxygen atoms in total. The number of ether oxygens (including phenoxy) is 2. The monoisotopic (exact) mass is 1230 g/mol. The number of piperidine rings is 1. The molecule has 0 bridgehead atoms. The third-order valence-corrected chi connectivity index (χ3v) is 18.2. The van der Waals surface area contributed by atoms with Gasteiger partial charge in [-0.1, -0.05) is 98.1 Å². The molecule has 2 heterocycles. The Morgan fingerprint density at radius 3 is 1.92 bits per heavy atom. The van der Waals surface area contributed by atoms with Crippen molar-refractivity contribution < 1.29 is 57.4 Å². The van der Waals surface area contributed by atoms with Gasteiger partial charge in [0, 0.05) is 115 Å². The first-order chi connectivity index (χ1) is 41.5. The second-order valence-corrected chi connectivity index (χ2v) is 25.9. The van der Waals surface area contributed by atoms with E-state index in [9.17, 15) is 53.5 Å². The zero-order valence-electron chi connectivity index (χ0n) is 55.5. The highest BCUT2D eigenvalue weighted by atomic mass is 16.5. The van der Waals surface area contributed by atoms with Gasteiger partial charge in [-0.15, -0.1) is 0 Å². The first-order valence-electron chi connectivity index (χ1n) is 31.9. The Hall–Kier alpha value is -6.29. The lowest BCUT2D eigenvalue weighted by Crippen LogP contribution is -2.54. The fraction of sp³-hybridized carbons (Fsp3) is 0.754. The van der Waals surface area contributed by atoms with Crippen molar-refractivity contribution in [3.63, 3.8) is 0 Å². The molecule has 1 aromatic carbocycles. The fourth-order valence-corrected chi connectivity index (χ4v) is 12.8. The smallest absolute Gasteiger partial charge is 0.312 e. The number of nitrogens with two attached hydrogens (primary N) is 1. The van der Waals surface area contributed by atoms with E-state index < -0.39 is 66.1 Å². The standard InChI is InChI=1S/C65H107N11O12/c1-16-42(8)60(74(13)64(85)51(40(4)5)36-55(80)59(41(6)7)73(11)12)56(87-14)37-58(82)76-30-18-20-53(76)61(88-15)43(9)62(83)70-48(38-69-72-67)33-45-21-23-46(24-22-45)34-54(79)52(19-17-29-68-65(66)86)71-63(84)50(39(2)3)35-49(78)25-26-57(81)75-31-27-47(28-32-75)44(10)77/h21-24,39-43,47-48,50-53,56,59-61H,16-20,25-38H2,1-15H3,(H,70,83)(H,71,84)(H3,66,68,86)/t42-,43+,48-,50-,51-,52-,53-,56+,59-,60-,61+/m0/s1. The van der Waals surface area contributed by atoms with Crippen LogP contribution in [0.25, 0.3) is 10.4 Å². The highest BCUT2D eigenvalue weighted by molar-refractivity contribution is 5.94. The summed E-state index contributed by atoms with van der Waals surface area (Å²) in [5.41, 5.74) is 16.0. The number of hydrogen-bond acceptors (Lipinski definition) is 14. The maximum absolute atomic E-state index is 14.5. The molecule has 23 heteroatoms. The van der Waals surface area contributed by atoms with Gasteiger partial charge in [-0.05, 0) is 106 Å². The van der Waals surface area contributed by atoms with Crippen LogP contribution in [0.15, 0.2) is 29.4 Å². The molecule has 2 aliphatic rings. The van der Waals surface area contributed by atoms with E-state index in [1.165, 1.54) is 7.11 Å². The molecular weight excluding hydrogens is 1130 g/mol. The maximum atomic E-state index is 14.5. The molecule has 2 aliphatic heterocycles. The van der Waals surface area contributed by atoms with Crippen LogP contribution >= 0.6 is 0 Å². The zero-order valence-corrected chi connectivity index (χ0v) is 55.5. The Labute approximate surface area is 523 Å². The summed E-state index contributed by atoms with van der Waals surface area (Å²) in [4.78, 5) is 144. The second kappa shape index (κ2) is 37.6. The molecule has 0 unspecified atom stereocenters. The molecule has 494 valence electrons. The molecule has 11 atom stereocenters. The number of amides is 7. The molecule has 3 rings (SSSR count). The Morgan fingerprint density at radius 1 is 0.761 bits per heavy atom. The summed E-state index contributed by atoms with van der Waals surface area (Å²) in [6.07, 6.45) is 2.29. The number of rotatable bonds is 39. The lowest BCUT2D eigenvalue weighted by molar-refractivity contribution is -0.149. The van der Waals surface area contributed by atoms with Crippen molar-refractivity contribution in [3.05, 3.63) is 45.8 Å². The van der Waals surface area contributed by atoms with Gasteiger partial charge in [-0.2, -0.15) is 0 Å². The summed E-state index contributed by atoms with van der Waals surface area (Å²) in [5, 5.41) is 12.2. The summed E-state index contributed by atoms with van der Waals surface area (Å²) in [6.45, 7) is 20.3. The van der Waals surface area contributed by atoms with E-state index in [0.29, 0.717) is 63.7 Å². The summed E-state index contributed by atoms with van der Waals surface area (Å²) in [6, 6.07) is 3.49. The molecule has 88 heavy (non-hydrogen) atoms. The van der Waals surface area contributed by atoms with Crippen LogP contribution < -0.4 is 21.7 Å². The Balaban J connectivity index is 1.73. The number of Topliss-reactive ketones (excluding diaryl/α,β-unsaturated/α-hetero) is 4. The Bertz CT molecular complexity index is 2520. The van der Waals surface area contributed by atoms with Gasteiger partial charge >= 0.3 is 6.03 Å². The van der Waals surface area contributed by atoms with E-state index >= 15 is 0 Å². The minimum atomic E-state index is -0.972. The summed E-state index contributed by atoms with van der Waals surface area (Å²) >= 11 is 0. The number of methoxy groups -OCH3 is 2. The third kappa shape index (κ3) is 23.3. The minimum Gasteiger partial charge on any atom is -0.379 e. The van der Waals surface area contributed by atoms with Crippen molar-refractivity contribution in [2.75, 3.05) is 68.1 Å². The number of urea groups is 1. The molecule has 0 spiro atoms. The summed E-state index contributed by atoms with van der Waals surface area (Å²) in [7, 11) is 8.54. The molecule has 0 aromatic heterocycles. The largest absolute Gasteiger partial charge is 0.379 e. The maximum Gasteiger partial charge on any atom is 0.312 e. The highest BCUT2D eigenvalue weighted by Gasteiger charge is 2.44. The van der Waals surface area contributed by atoms with Gasteiger partial charge in [0.1, 0.15) is 11.6 Å². The van der Waals surface area contributed by atoms with E-state index in [4.69, 9.17) is 15.2 Å². The SMILES string of the molecule is CC[C@H](C)[C@@H]([C@@H](CC(=O)N1CCC[C@H]1[C@H](OC)[C@@H](C)C(=O)N[C@H](CN=[N+]=[N-])Cc1ccc(CC(=O)[C@H](CCCNC(N)=O)NC(=O)[C@@H](CC(=O)CCC(=O)N2CCC(C(C)=O)CC2)C(C)C)cc1)OC)N(C)C(=O)[C@@H](CC(=O)[C@H](C(C)C)N(C)C)C(C)C. The second-order valence-electron chi connectivity index (χ2n) is 25.9. The van der Waals surface area contributed by atoms with Crippen molar-refractivity contribution in [1.29, 1.82) is 0 Å². The number of likely N-dealkylation sites (N-methyl/N-ethyl adjacent to an activating group) is 2. The first-order valence-corrected chi connectivity index (χ1v) is 31.9. The van der Waals surface area contributed by atoms with E-state index in [1.807, 2.05) is 74.4 Å². The van der Waals surface area contributed by atoms with Crippen LogP contribution in [0.4, 0.5) is 4.79 Å². The third-order valence-electron chi connectivity index (χ3n) is 18.2. The number of benzene rings is 1. The molecule has 1 aromatic rings. The highest BCUT2D eigenvalue weighted by Crippen LogP contribution is 2.32. The number of carbonyl (C=O) groups excluding carboxylic acids is 10. The number of likely N-dealkylation sites (tertiary alicyclic amines) is 2. The molecule has 2 fully saturated rings. The van der Waals surface area contributed by atoms with Gasteiger partial charge < -0.3 is 45.9 Å². The van der Waals surface area contributed by atoms with Crippen molar-refractivity contribution in [2.45, 2.75) is 202 Å². The quantitative estimate of drug-likeness (QED) is 0.0233. The van der Waals surface area contributed by atoms with Gasteiger partial charge in [0.15, 0.2) is 11.6 Å². The molecular formula is C65H107N11O12. The van der Waals surface area contributed by atoms with Crippen LogP contribution in [-0.4, -0.2) is 189 Å². The number of primary amides is 1. The lowest BCUT2D eigenvalue weighted by Gasteiger charge is -2.41. The van der Waals surface area contributed by atoms with Crippen LogP contribution in [0.5, 0.6) is 0 Å². The van der Waals surface area contributed by atoms with E-state index in [-0.39, 0.29) is 147 Å². The Kier molecular flexibility index (Phi) is 32.5. The number of ketones is 4. The van der Waals surface area contributed by atoms with Crippen LogP contribution in [0, 0.1) is 47.3 Å². The first kappa shape index (κ1) is 76.0. The average molecular weight is 1230 g/mol.